The van der Waals surface area contributed by atoms with Crippen LogP contribution in [0, 0.1) is 0 Å². The van der Waals surface area contributed by atoms with Crippen LogP contribution in [0.15, 0.2) is 30.5 Å². The van der Waals surface area contributed by atoms with Crippen LogP contribution < -0.4 is 18.9 Å². The Kier molecular flexibility index (Phi) is 2.74. The lowest BCUT2D eigenvalue weighted by atomic mass is 9.84. The van der Waals surface area contributed by atoms with Gasteiger partial charge in [0.25, 0.3) is 0 Å². The average molecular weight is 335 g/mol. The molecule has 25 heavy (non-hydrogen) atoms. The van der Waals surface area contributed by atoms with E-state index in [4.69, 9.17) is 18.9 Å². The highest BCUT2D eigenvalue weighted by Crippen LogP contribution is 2.49. The molecule has 0 amide bonds. The highest BCUT2D eigenvalue weighted by Gasteiger charge is 2.32. The van der Waals surface area contributed by atoms with Crippen LogP contribution in [0.2, 0.25) is 0 Å². The second-order valence-corrected chi connectivity index (χ2v) is 5.82. The van der Waals surface area contributed by atoms with Crippen molar-refractivity contribution in [1.82, 2.24) is 4.98 Å². The number of hydrogen-bond acceptors (Lipinski definition) is 6. The minimum atomic E-state index is -0.145. The zero-order valence-corrected chi connectivity index (χ0v) is 13.6. The van der Waals surface area contributed by atoms with Gasteiger partial charge in [-0.2, -0.15) is 0 Å². The smallest absolute Gasteiger partial charge is 0.231 e. The lowest BCUT2D eigenvalue weighted by Crippen LogP contribution is -2.12. The quantitative estimate of drug-likeness (QED) is 0.560. The van der Waals surface area contributed by atoms with Gasteiger partial charge in [-0.15, -0.1) is 0 Å². The Morgan fingerprint density at radius 3 is 2.52 bits per heavy atom. The first kappa shape index (κ1) is 14.1. The SMILES string of the molecule is COc1cc2c(cc1OC)-c1cc3c(c4ccnc(c14)C2=O)OCO3. The fraction of sp³-hybridized carbons (Fsp3) is 0.158. The first-order valence-electron chi connectivity index (χ1n) is 7.75. The highest BCUT2D eigenvalue weighted by molar-refractivity contribution is 6.26. The molecule has 5 rings (SSSR count). The van der Waals surface area contributed by atoms with Gasteiger partial charge in [0.2, 0.25) is 12.6 Å². The Bertz CT molecular complexity index is 1070. The molecule has 0 fully saturated rings. The van der Waals surface area contributed by atoms with Crippen molar-refractivity contribution >= 4 is 16.6 Å². The molecule has 1 aliphatic carbocycles. The van der Waals surface area contributed by atoms with E-state index in [9.17, 15) is 4.79 Å². The van der Waals surface area contributed by atoms with Crippen LogP contribution in [0.25, 0.3) is 21.9 Å². The molecule has 0 saturated heterocycles. The van der Waals surface area contributed by atoms with E-state index in [0.29, 0.717) is 34.3 Å². The number of nitrogens with zero attached hydrogens (tertiary/aromatic N) is 1. The van der Waals surface area contributed by atoms with Crippen molar-refractivity contribution < 1.29 is 23.7 Å². The van der Waals surface area contributed by atoms with Gasteiger partial charge in [0, 0.05) is 22.5 Å². The van der Waals surface area contributed by atoms with Crippen molar-refractivity contribution in [2.75, 3.05) is 21.0 Å². The maximum absolute atomic E-state index is 13.0. The largest absolute Gasteiger partial charge is 0.493 e. The van der Waals surface area contributed by atoms with Crippen LogP contribution in [0.1, 0.15) is 16.1 Å². The fourth-order valence-electron chi connectivity index (χ4n) is 3.53. The molecule has 0 unspecified atom stereocenters. The molecular formula is C19H13NO5. The molecule has 3 aromatic rings. The summed E-state index contributed by atoms with van der Waals surface area (Å²) in [5, 5.41) is 1.60. The van der Waals surface area contributed by atoms with Crippen LogP contribution in [0.5, 0.6) is 23.0 Å². The average Bonchev–Trinajstić information content (AvgIpc) is 3.13. The van der Waals surface area contributed by atoms with Gasteiger partial charge in [-0.05, 0) is 35.4 Å². The summed E-state index contributed by atoms with van der Waals surface area (Å²) in [5.41, 5.74) is 2.58. The number of methoxy groups -OCH3 is 2. The topological polar surface area (TPSA) is 66.9 Å². The number of fused-ring (bicyclic) bond motifs is 4. The van der Waals surface area contributed by atoms with Gasteiger partial charge in [0.05, 0.1) is 14.2 Å². The van der Waals surface area contributed by atoms with Crippen molar-refractivity contribution in [3.8, 4) is 34.1 Å². The first-order valence-corrected chi connectivity index (χ1v) is 7.75. The van der Waals surface area contributed by atoms with Crippen LogP contribution in [-0.4, -0.2) is 31.8 Å². The second-order valence-electron chi connectivity index (χ2n) is 5.82. The molecule has 0 radical (unpaired) electrons. The Balaban J connectivity index is 1.94. The van der Waals surface area contributed by atoms with Gasteiger partial charge in [-0.3, -0.25) is 9.78 Å². The van der Waals surface area contributed by atoms with E-state index in [1.807, 2.05) is 18.2 Å². The molecule has 2 aromatic carbocycles. The highest BCUT2D eigenvalue weighted by atomic mass is 16.7. The zero-order valence-electron chi connectivity index (χ0n) is 13.6. The van der Waals surface area contributed by atoms with Crippen molar-refractivity contribution in [3.63, 3.8) is 0 Å². The zero-order chi connectivity index (χ0) is 17.1. The number of ketones is 1. The minimum absolute atomic E-state index is 0.145. The number of ether oxygens (including phenoxy) is 4. The molecule has 6 nitrogen and oxygen atoms in total. The molecule has 0 saturated carbocycles. The minimum Gasteiger partial charge on any atom is -0.493 e. The third kappa shape index (κ3) is 1.73. The van der Waals surface area contributed by atoms with Crippen LogP contribution in [-0.2, 0) is 0 Å². The van der Waals surface area contributed by atoms with Gasteiger partial charge in [-0.1, -0.05) is 0 Å². The summed E-state index contributed by atoms with van der Waals surface area (Å²) in [6, 6.07) is 7.26. The summed E-state index contributed by atoms with van der Waals surface area (Å²) in [5.74, 6) is 2.24. The van der Waals surface area contributed by atoms with Crippen molar-refractivity contribution in [1.29, 1.82) is 0 Å². The predicted molar refractivity (Wildman–Crippen MR) is 89.8 cm³/mol. The van der Waals surface area contributed by atoms with Crippen molar-refractivity contribution in [2.45, 2.75) is 0 Å². The monoisotopic (exact) mass is 335 g/mol. The second kappa shape index (κ2) is 4.86. The molecule has 0 atom stereocenters. The van der Waals surface area contributed by atoms with E-state index in [-0.39, 0.29) is 12.6 Å². The molecule has 0 N–H and O–H groups in total. The van der Waals surface area contributed by atoms with Crippen molar-refractivity contribution in [2.24, 2.45) is 0 Å². The van der Waals surface area contributed by atoms with Gasteiger partial charge in [-0.25, -0.2) is 0 Å². The van der Waals surface area contributed by atoms with E-state index in [0.717, 1.165) is 21.9 Å². The van der Waals surface area contributed by atoms with Gasteiger partial charge < -0.3 is 18.9 Å². The number of pyridine rings is 1. The number of aromatic nitrogens is 1. The van der Waals surface area contributed by atoms with Crippen LogP contribution >= 0.6 is 0 Å². The Hall–Kier alpha value is -3.28. The molecule has 0 spiro atoms. The standard InChI is InChI=1S/C19H13NO5/c1-22-13-5-10-11-6-15-19(25-8-24-15)9-3-4-20-17(16(9)11)18(21)12(10)7-14(13)23-2/h3-7H,8H2,1-2H3. The normalized spacial score (nSPS) is 13.8. The molecule has 1 aromatic heterocycles. The lowest BCUT2D eigenvalue weighted by Gasteiger charge is -2.21. The Morgan fingerprint density at radius 2 is 1.76 bits per heavy atom. The molecule has 6 heteroatoms. The number of benzene rings is 2. The fourth-order valence-corrected chi connectivity index (χ4v) is 3.53. The number of carbonyl (C=O) groups is 1. The van der Waals surface area contributed by atoms with E-state index in [1.54, 1.807) is 26.5 Å². The molecule has 2 aliphatic rings. The van der Waals surface area contributed by atoms with E-state index in [1.165, 1.54) is 0 Å². The summed E-state index contributed by atoms with van der Waals surface area (Å²) < 4.78 is 21.9. The molecular weight excluding hydrogens is 322 g/mol. The summed E-state index contributed by atoms with van der Waals surface area (Å²) >= 11 is 0. The Morgan fingerprint density at radius 1 is 1.00 bits per heavy atom. The van der Waals surface area contributed by atoms with E-state index >= 15 is 0 Å². The van der Waals surface area contributed by atoms with Crippen molar-refractivity contribution in [3.05, 3.63) is 41.7 Å². The number of carbonyl (C=O) groups excluding carboxylic acids is 1. The molecule has 1 aliphatic heterocycles. The first-order chi connectivity index (χ1) is 12.2. The summed E-state index contributed by atoms with van der Waals surface area (Å²) in [4.78, 5) is 17.4. The number of hydrogen-bond donors (Lipinski definition) is 0. The predicted octanol–water partition coefficient (Wildman–Crippen LogP) is 3.19. The summed E-state index contributed by atoms with van der Waals surface area (Å²) in [6.07, 6.45) is 1.62. The lowest BCUT2D eigenvalue weighted by molar-refractivity contribution is 0.103. The molecule has 124 valence electrons. The van der Waals surface area contributed by atoms with E-state index < -0.39 is 0 Å². The third-order valence-corrected chi connectivity index (χ3v) is 4.66. The maximum atomic E-state index is 13.0. The number of rotatable bonds is 2. The van der Waals surface area contributed by atoms with Gasteiger partial charge in [0.1, 0.15) is 5.69 Å². The summed E-state index contributed by atoms with van der Waals surface area (Å²) in [6.45, 7) is 0.165. The van der Waals surface area contributed by atoms with Gasteiger partial charge >= 0.3 is 0 Å². The van der Waals surface area contributed by atoms with Crippen LogP contribution in [0.3, 0.4) is 0 Å². The van der Waals surface area contributed by atoms with Gasteiger partial charge in [0.15, 0.2) is 23.0 Å². The third-order valence-electron chi connectivity index (χ3n) is 4.66. The van der Waals surface area contributed by atoms with E-state index in [2.05, 4.69) is 4.98 Å². The molecule has 2 heterocycles. The summed E-state index contributed by atoms with van der Waals surface area (Å²) in [7, 11) is 3.11. The maximum Gasteiger partial charge on any atom is 0.231 e. The Labute approximate surface area is 142 Å². The molecule has 0 bridgehead atoms. The van der Waals surface area contributed by atoms with Crippen LogP contribution in [0.4, 0.5) is 0 Å².